The predicted octanol–water partition coefficient (Wildman–Crippen LogP) is 2.98. The number of hydrogen-bond donors (Lipinski definition) is 1. The summed E-state index contributed by atoms with van der Waals surface area (Å²) in [5.74, 6) is 0.575. The average molecular weight is 228 g/mol. The van der Waals surface area contributed by atoms with Crippen LogP contribution in [0.2, 0.25) is 0 Å². The van der Waals surface area contributed by atoms with Crippen molar-refractivity contribution in [3.63, 3.8) is 0 Å². The van der Waals surface area contributed by atoms with Crippen molar-refractivity contribution >= 4 is 11.8 Å². The largest absolute Gasteiger partial charge is 0.389 e. The van der Waals surface area contributed by atoms with E-state index in [-0.39, 0.29) is 12.8 Å². The Morgan fingerprint density at radius 2 is 2.14 bits per heavy atom. The van der Waals surface area contributed by atoms with Crippen LogP contribution in [0, 0.1) is 0 Å². The fraction of sp³-hybridized carbons (Fsp3) is 1.00. The van der Waals surface area contributed by atoms with Crippen molar-refractivity contribution in [2.45, 2.75) is 49.6 Å². The van der Waals surface area contributed by atoms with Crippen LogP contribution in [0.3, 0.4) is 0 Å². The Labute approximate surface area is 86.1 Å². The predicted molar refractivity (Wildman–Crippen MR) is 51.4 cm³/mol. The zero-order chi connectivity index (χ0) is 10.8. The second-order valence-electron chi connectivity index (χ2n) is 4.02. The van der Waals surface area contributed by atoms with Gasteiger partial charge in [-0.2, -0.15) is 24.9 Å². The molecule has 0 aromatic carbocycles. The molecule has 1 aliphatic heterocycles. The first-order valence-electron chi connectivity index (χ1n) is 4.71. The standard InChI is InChI=1S/C9H15F3OS/c1-7-5-8(13,6-14-7)3-2-4-9(10,11)12/h7,13H,2-6H2,1H3. The third-order valence-electron chi connectivity index (χ3n) is 2.41. The summed E-state index contributed by atoms with van der Waals surface area (Å²) in [6.45, 7) is 1.99. The normalized spacial score (nSPS) is 33.6. The molecule has 5 heteroatoms. The molecule has 1 heterocycles. The number of aliphatic hydroxyl groups is 1. The molecular weight excluding hydrogens is 213 g/mol. The van der Waals surface area contributed by atoms with Gasteiger partial charge in [0, 0.05) is 17.4 Å². The zero-order valence-corrected chi connectivity index (χ0v) is 8.92. The van der Waals surface area contributed by atoms with Gasteiger partial charge in [0.1, 0.15) is 0 Å². The maximum absolute atomic E-state index is 11.8. The lowest BCUT2D eigenvalue weighted by Gasteiger charge is -2.21. The first-order chi connectivity index (χ1) is 6.31. The molecule has 0 amide bonds. The van der Waals surface area contributed by atoms with Gasteiger partial charge in [-0.15, -0.1) is 0 Å². The third kappa shape index (κ3) is 4.09. The van der Waals surface area contributed by atoms with Crippen LogP contribution in [0.5, 0.6) is 0 Å². The Hall–Kier alpha value is 0.100. The molecule has 0 aliphatic carbocycles. The molecule has 2 atom stereocenters. The van der Waals surface area contributed by atoms with E-state index in [1.165, 1.54) is 0 Å². The zero-order valence-electron chi connectivity index (χ0n) is 8.10. The molecule has 1 aliphatic rings. The van der Waals surface area contributed by atoms with E-state index in [0.717, 1.165) is 0 Å². The molecule has 0 aromatic rings. The van der Waals surface area contributed by atoms with Gasteiger partial charge in [-0.05, 0) is 19.3 Å². The van der Waals surface area contributed by atoms with Crippen molar-refractivity contribution in [2.75, 3.05) is 5.75 Å². The summed E-state index contributed by atoms with van der Waals surface area (Å²) in [5.41, 5.74) is -0.852. The summed E-state index contributed by atoms with van der Waals surface area (Å²) in [5, 5.41) is 10.2. The molecule has 1 N–H and O–H groups in total. The molecule has 1 fully saturated rings. The highest BCUT2D eigenvalue weighted by atomic mass is 32.2. The number of halogens is 3. The van der Waals surface area contributed by atoms with E-state index in [1.54, 1.807) is 11.8 Å². The van der Waals surface area contributed by atoms with Crippen molar-refractivity contribution in [3.8, 4) is 0 Å². The Balaban J connectivity index is 2.24. The highest BCUT2D eigenvalue weighted by Gasteiger charge is 2.36. The summed E-state index contributed by atoms with van der Waals surface area (Å²) in [6.07, 6.45) is -3.95. The van der Waals surface area contributed by atoms with Crippen LogP contribution in [-0.4, -0.2) is 27.9 Å². The Morgan fingerprint density at radius 3 is 2.57 bits per heavy atom. The Morgan fingerprint density at radius 1 is 1.50 bits per heavy atom. The van der Waals surface area contributed by atoms with E-state index in [1.807, 2.05) is 6.92 Å². The molecule has 0 aromatic heterocycles. The van der Waals surface area contributed by atoms with Crippen LogP contribution in [0.15, 0.2) is 0 Å². The minimum atomic E-state index is -4.09. The van der Waals surface area contributed by atoms with E-state index in [2.05, 4.69) is 0 Å². The Kier molecular flexibility index (Phi) is 3.75. The van der Waals surface area contributed by atoms with Crippen LogP contribution in [0.4, 0.5) is 13.2 Å². The molecular formula is C9H15F3OS. The molecule has 0 spiro atoms. The minimum absolute atomic E-state index is 0.0350. The molecule has 14 heavy (non-hydrogen) atoms. The van der Waals surface area contributed by atoms with Crippen LogP contribution in [0.1, 0.15) is 32.6 Å². The lowest BCUT2D eigenvalue weighted by molar-refractivity contribution is -0.137. The van der Waals surface area contributed by atoms with Crippen LogP contribution in [0.25, 0.3) is 0 Å². The van der Waals surface area contributed by atoms with Gasteiger partial charge in [0.05, 0.1) is 5.60 Å². The number of alkyl halides is 3. The van der Waals surface area contributed by atoms with Gasteiger partial charge in [0.15, 0.2) is 0 Å². The smallest absolute Gasteiger partial charge is 0.389 e. The molecule has 1 rings (SSSR count). The highest BCUT2D eigenvalue weighted by molar-refractivity contribution is 8.00. The monoisotopic (exact) mass is 228 g/mol. The lowest BCUT2D eigenvalue weighted by atomic mass is 9.94. The fourth-order valence-electron chi connectivity index (χ4n) is 1.74. The SMILES string of the molecule is CC1CC(O)(CCCC(F)(F)F)CS1. The van der Waals surface area contributed by atoms with Crippen LogP contribution >= 0.6 is 11.8 Å². The molecule has 1 nitrogen and oxygen atoms in total. The maximum Gasteiger partial charge on any atom is 0.389 e. The molecule has 84 valence electrons. The van der Waals surface area contributed by atoms with Crippen molar-refractivity contribution in [1.82, 2.24) is 0 Å². The summed E-state index contributed by atoms with van der Waals surface area (Å²) >= 11 is 1.63. The van der Waals surface area contributed by atoms with E-state index in [9.17, 15) is 18.3 Å². The molecule has 2 unspecified atom stereocenters. The average Bonchev–Trinajstić information content (AvgIpc) is 2.28. The van der Waals surface area contributed by atoms with Crippen molar-refractivity contribution in [1.29, 1.82) is 0 Å². The van der Waals surface area contributed by atoms with E-state index in [4.69, 9.17) is 0 Å². The molecule has 0 radical (unpaired) electrons. The lowest BCUT2D eigenvalue weighted by Crippen LogP contribution is -2.29. The van der Waals surface area contributed by atoms with Gasteiger partial charge in [-0.3, -0.25) is 0 Å². The second-order valence-corrected chi connectivity index (χ2v) is 5.45. The van der Waals surface area contributed by atoms with Gasteiger partial charge in [-0.25, -0.2) is 0 Å². The van der Waals surface area contributed by atoms with Crippen molar-refractivity contribution < 1.29 is 18.3 Å². The second kappa shape index (κ2) is 4.31. The molecule has 0 bridgehead atoms. The summed E-state index contributed by atoms with van der Waals surface area (Å²) in [4.78, 5) is 0. The third-order valence-corrected chi connectivity index (χ3v) is 3.85. The Bertz CT molecular complexity index is 195. The van der Waals surface area contributed by atoms with Gasteiger partial charge in [0.25, 0.3) is 0 Å². The van der Waals surface area contributed by atoms with Crippen molar-refractivity contribution in [3.05, 3.63) is 0 Å². The van der Waals surface area contributed by atoms with Gasteiger partial charge < -0.3 is 5.11 Å². The summed E-state index contributed by atoms with van der Waals surface area (Å²) < 4.78 is 35.5. The van der Waals surface area contributed by atoms with E-state index >= 15 is 0 Å². The first-order valence-corrected chi connectivity index (χ1v) is 5.76. The summed E-state index contributed by atoms with van der Waals surface area (Å²) in [7, 11) is 0. The maximum atomic E-state index is 11.8. The van der Waals surface area contributed by atoms with Crippen molar-refractivity contribution in [2.24, 2.45) is 0 Å². The quantitative estimate of drug-likeness (QED) is 0.801. The highest BCUT2D eigenvalue weighted by Crippen LogP contribution is 2.38. The van der Waals surface area contributed by atoms with E-state index < -0.39 is 18.2 Å². The molecule has 1 saturated heterocycles. The van der Waals surface area contributed by atoms with Crippen LogP contribution in [-0.2, 0) is 0 Å². The number of rotatable bonds is 3. The van der Waals surface area contributed by atoms with Gasteiger partial charge >= 0.3 is 6.18 Å². The van der Waals surface area contributed by atoms with E-state index in [0.29, 0.717) is 17.4 Å². The fourth-order valence-corrected chi connectivity index (χ4v) is 3.03. The minimum Gasteiger partial charge on any atom is -0.389 e. The number of thioether (sulfide) groups is 1. The van der Waals surface area contributed by atoms with Crippen LogP contribution < -0.4 is 0 Å². The van der Waals surface area contributed by atoms with Gasteiger partial charge in [-0.1, -0.05) is 6.92 Å². The van der Waals surface area contributed by atoms with Gasteiger partial charge in [0.2, 0.25) is 0 Å². The first kappa shape index (κ1) is 12.2. The summed E-state index contributed by atoms with van der Waals surface area (Å²) in [6, 6.07) is 0. The topological polar surface area (TPSA) is 20.2 Å². The molecule has 0 saturated carbocycles. The number of hydrogen-bond acceptors (Lipinski definition) is 2.